The molecule has 1 unspecified atom stereocenters. The van der Waals surface area contributed by atoms with Crippen LogP contribution < -0.4 is 0 Å². The minimum atomic E-state index is -1.18. The number of carbonyl (C=O) groups is 2. The molecule has 1 N–H and O–H groups in total. The Morgan fingerprint density at radius 2 is 1.88 bits per heavy atom. The summed E-state index contributed by atoms with van der Waals surface area (Å²) in [5, 5.41) is 8.52. The van der Waals surface area contributed by atoms with Crippen LogP contribution in [0.15, 0.2) is 30.3 Å². The monoisotopic (exact) mass is 236 g/mol. The maximum Gasteiger partial charge on any atom is 0.318 e. The Bertz CT molecular complexity index is 399. The number of hydrogen-bond donors (Lipinski definition) is 1. The minimum absolute atomic E-state index is 0.586. The van der Waals surface area contributed by atoms with Crippen molar-refractivity contribution in [1.82, 2.24) is 0 Å². The number of esters is 1. The van der Waals surface area contributed by atoms with Gasteiger partial charge in [0.15, 0.2) is 0 Å². The van der Waals surface area contributed by atoms with E-state index in [1.807, 2.05) is 37.3 Å². The van der Waals surface area contributed by atoms with E-state index in [-0.39, 0.29) is 0 Å². The van der Waals surface area contributed by atoms with Crippen molar-refractivity contribution < 1.29 is 19.4 Å². The first-order valence-corrected chi connectivity index (χ1v) is 5.47. The zero-order valence-electron chi connectivity index (χ0n) is 9.97. The second-order valence-corrected chi connectivity index (χ2v) is 4.00. The lowest BCUT2D eigenvalue weighted by atomic mass is 9.93. The Labute approximate surface area is 100 Å². The lowest BCUT2D eigenvalue weighted by Crippen LogP contribution is -2.29. The van der Waals surface area contributed by atoms with Gasteiger partial charge in [-0.2, -0.15) is 0 Å². The van der Waals surface area contributed by atoms with E-state index in [1.165, 1.54) is 0 Å². The van der Waals surface area contributed by atoms with Crippen molar-refractivity contribution in [3.63, 3.8) is 0 Å². The van der Waals surface area contributed by atoms with Crippen molar-refractivity contribution in [2.24, 2.45) is 0 Å². The van der Waals surface area contributed by atoms with Gasteiger partial charge in [-0.3, -0.25) is 9.59 Å². The van der Waals surface area contributed by atoms with Crippen molar-refractivity contribution >= 4 is 11.9 Å². The molecule has 0 amide bonds. The second-order valence-electron chi connectivity index (χ2n) is 4.00. The summed E-state index contributed by atoms with van der Waals surface area (Å²) in [4.78, 5) is 21.8. The Hall–Kier alpha value is -1.84. The quantitative estimate of drug-likeness (QED) is 0.629. The van der Waals surface area contributed by atoms with Gasteiger partial charge in [-0.25, -0.2) is 0 Å². The maximum absolute atomic E-state index is 11.4. The number of ether oxygens (including phenoxy) is 1. The summed E-state index contributed by atoms with van der Waals surface area (Å²) in [5.74, 6) is -1.90. The van der Waals surface area contributed by atoms with Crippen LogP contribution in [0.2, 0.25) is 0 Å². The smallest absolute Gasteiger partial charge is 0.318 e. The van der Waals surface area contributed by atoms with Gasteiger partial charge in [0.1, 0.15) is 12.0 Å². The third-order valence-electron chi connectivity index (χ3n) is 2.69. The molecule has 4 nitrogen and oxygen atoms in total. The molecule has 1 aromatic rings. The molecule has 0 aliphatic rings. The molecule has 17 heavy (non-hydrogen) atoms. The van der Waals surface area contributed by atoms with E-state index in [2.05, 4.69) is 0 Å². The molecule has 0 aromatic heterocycles. The lowest BCUT2D eigenvalue weighted by molar-refractivity contribution is -0.163. The fourth-order valence-corrected chi connectivity index (χ4v) is 1.54. The highest BCUT2D eigenvalue weighted by Gasteiger charge is 2.29. The molecule has 0 radical (unpaired) electrons. The van der Waals surface area contributed by atoms with Crippen LogP contribution in [-0.4, -0.2) is 17.0 Å². The molecule has 4 heteroatoms. The molecule has 0 spiro atoms. The van der Waals surface area contributed by atoms with Crippen LogP contribution in [0, 0.1) is 0 Å². The van der Waals surface area contributed by atoms with Crippen molar-refractivity contribution in [2.75, 3.05) is 0 Å². The zero-order chi connectivity index (χ0) is 12.9. The first kappa shape index (κ1) is 13.2. The predicted octanol–water partition coefficient (Wildman–Crippen LogP) is 2.33. The summed E-state index contributed by atoms with van der Waals surface area (Å²) < 4.78 is 5.26. The first-order chi connectivity index (χ1) is 7.98. The van der Waals surface area contributed by atoms with Crippen molar-refractivity contribution in [3.8, 4) is 0 Å². The van der Waals surface area contributed by atoms with E-state index in [1.54, 1.807) is 6.92 Å². The highest BCUT2D eigenvalue weighted by atomic mass is 16.6. The molecule has 0 saturated heterocycles. The Morgan fingerprint density at radius 1 is 1.29 bits per heavy atom. The van der Waals surface area contributed by atoms with Gasteiger partial charge in [0.2, 0.25) is 0 Å². The average molecular weight is 236 g/mol. The fraction of sp³-hybridized carbons (Fsp3) is 0.385. The highest BCUT2D eigenvalue weighted by molar-refractivity contribution is 5.90. The van der Waals surface area contributed by atoms with E-state index >= 15 is 0 Å². The summed E-state index contributed by atoms with van der Waals surface area (Å²) in [5.41, 5.74) is 0.0922. The minimum Gasteiger partial charge on any atom is -0.481 e. The van der Waals surface area contributed by atoms with Crippen LogP contribution in [0.1, 0.15) is 32.3 Å². The fourth-order valence-electron chi connectivity index (χ4n) is 1.54. The average Bonchev–Trinajstić information content (AvgIpc) is 2.29. The maximum atomic E-state index is 11.4. The van der Waals surface area contributed by atoms with Crippen LogP contribution in [-0.2, 0) is 19.9 Å². The Balaban J connectivity index is 2.83. The molecule has 1 aromatic carbocycles. The molecular formula is C13H16O4. The third-order valence-corrected chi connectivity index (χ3v) is 2.69. The SMILES string of the molecule is CCC(C)(OC(=O)CC(=O)O)c1ccccc1. The molecule has 1 atom stereocenters. The van der Waals surface area contributed by atoms with Gasteiger partial charge < -0.3 is 9.84 Å². The Kier molecular flexibility index (Phi) is 4.26. The van der Waals surface area contributed by atoms with E-state index in [0.717, 1.165) is 5.56 Å². The van der Waals surface area contributed by atoms with Gasteiger partial charge in [-0.15, -0.1) is 0 Å². The summed E-state index contributed by atoms with van der Waals surface area (Å²) in [7, 11) is 0. The molecule has 0 fully saturated rings. The van der Waals surface area contributed by atoms with E-state index in [9.17, 15) is 9.59 Å². The standard InChI is InChI=1S/C13H16O4/c1-3-13(2,10-7-5-4-6-8-10)17-12(16)9-11(14)15/h4-8H,3,9H2,1-2H3,(H,14,15). The molecule has 92 valence electrons. The number of aliphatic carboxylic acids is 1. The molecule has 0 aliphatic carbocycles. The molecule has 0 aliphatic heterocycles. The van der Waals surface area contributed by atoms with E-state index < -0.39 is 24.0 Å². The van der Waals surface area contributed by atoms with Crippen molar-refractivity contribution in [1.29, 1.82) is 0 Å². The van der Waals surface area contributed by atoms with Crippen molar-refractivity contribution in [2.45, 2.75) is 32.3 Å². The third kappa shape index (κ3) is 3.59. The molecule has 0 heterocycles. The van der Waals surface area contributed by atoms with Crippen LogP contribution in [0.4, 0.5) is 0 Å². The first-order valence-electron chi connectivity index (χ1n) is 5.47. The van der Waals surface area contributed by atoms with Gasteiger partial charge in [0, 0.05) is 0 Å². The number of carboxylic acids is 1. The van der Waals surface area contributed by atoms with Crippen molar-refractivity contribution in [3.05, 3.63) is 35.9 Å². The molecular weight excluding hydrogens is 220 g/mol. The number of carbonyl (C=O) groups excluding carboxylic acids is 1. The van der Waals surface area contributed by atoms with Gasteiger partial charge in [0.25, 0.3) is 0 Å². The second kappa shape index (κ2) is 5.48. The van der Waals surface area contributed by atoms with Crippen LogP contribution in [0.25, 0.3) is 0 Å². The molecule has 1 rings (SSSR count). The summed E-state index contributed by atoms with van der Waals surface area (Å²) in [6.45, 7) is 3.67. The van der Waals surface area contributed by atoms with Gasteiger partial charge in [0.05, 0.1) is 0 Å². The van der Waals surface area contributed by atoms with E-state index in [0.29, 0.717) is 6.42 Å². The van der Waals surface area contributed by atoms with Gasteiger partial charge >= 0.3 is 11.9 Å². The van der Waals surface area contributed by atoms with Crippen LogP contribution in [0.3, 0.4) is 0 Å². The largest absolute Gasteiger partial charge is 0.481 e. The number of carboxylic acid groups (broad SMARTS) is 1. The summed E-state index contributed by atoms with van der Waals surface area (Å²) in [6.07, 6.45) is -0.0230. The Morgan fingerprint density at radius 3 is 2.35 bits per heavy atom. The lowest BCUT2D eigenvalue weighted by Gasteiger charge is -2.28. The van der Waals surface area contributed by atoms with Gasteiger partial charge in [-0.05, 0) is 18.9 Å². The van der Waals surface area contributed by atoms with Crippen LogP contribution >= 0.6 is 0 Å². The number of rotatable bonds is 5. The highest BCUT2D eigenvalue weighted by Crippen LogP contribution is 2.29. The van der Waals surface area contributed by atoms with E-state index in [4.69, 9.17) is 9.84 Å². The normalized spacial score (nSPS) is 13.8. The summed E-state index contributed by atoms with van der Waals surface area (Å²) >= 11 is 0. The number of hydrogen-bond acceptors (Lipinski definition) is 3. The topological polar surface area (TPSA) is 63.6 Å². The molecule has 0 saturated carbocycles. The predicted molar refractivity (Wildman–Crippen MR) is 62.4 cm³/mol. The van der Waals surface area contributed by atoms with Crippen LogP contribution in [0.5, 0.6) is 0 Å². The summed E-state index contributed by atoms with van der Waals surface area (Å²) in [6, 6.07) is 9.30. The number of benzene rings is 1. The molecule has 0 bridgehead atoms. The van der Waals surface area contributed by atoms with Gasteiger partial charge in [-0.1, -0.05) is 37.3 Å². The zero-order valence-corrected chi connectivity index (χ0v) is 9.97.